The topological polar surface area (TPSA) is 61.6 Å². The zero-order valence-electron chi connectivity index (χ0n) is 17.1. The Balaban J connectivity index is 1.49. The molecular formula is C21H20ClF3N4O2S. The zero-order chi connectivity index (χ0) is 22.9. The van der Waals surface area contributed by atoms with E-state index in [1.807, 2.05) is 11.9 Å². The van der Waals surface area contributed by atoms with Crippen molar-refractivity contribution < 1.29 is 22.4 Å². The molecule has 3 aromatic rings. The lowest BCUT2D eigenvalue weighted by Crippen LogP contribution is -2.44. The van der Waals surface area contributed by atoms with Gasteiger partial charge in [0.2, 0.25) is 5.91 Å². The second-order valence-corrected chi connectivity index (χ2v) is 8.81. The van der Waals surface area contributed by atoms with Crippen LogP contribution in [0.3, 0.4) is 0 Å². The maximum Gasteiger partial charge on any atom is 0.416 e. The smallest absolute Gasteiger partial charge is 0.416 e. The maximum absolute atomic E-state index is 13.3. The lowest BCUT2D eigenvalue weighted by atomic mass is 10.1. The fourth-order valence-corrected chi connectivity index (χ4v) is 4.20. The predicted molar refractivity (Wildman–Crippen MR) is 120 cm³/mol. The van der Waals surface area contributed by atoms with E-state index in [0.717, 1.165) is 37.0 Å². The van der Waals surface area contributed by atoms with Crippen LogP contribution in [0.25, 0.3) is 11.1 Å². The first-order valence-electron chi connectivity index (χ1n) is 9.82. The number of nitrogens with one attached hydrogen (secondary N) is 1. The lowest BCUT2D eigenvalue weighted by Gasteiger charge is -2.35. The summed E-state index contributed by atoms with van der Waals surface area (Å²) >= 11 is 6.99. The van der Waals surface area contributed by atoms with Gasteiger partial charge in [0.15, 0.2) is 5.58 Å². The molecule has 2 aromatic carbocycles. The molecule has 0 aliphatic carbocycles. The van der Waals surface area contributed by atoms with Gasteiger partial charge in [-0.25, -0.2) is 4.98 Å². The number of hydrogen-bond donors (Lipinski definition) is 1. The molecule has 0 saturated carbocycles. The molecule has 0 bridgehead atoms. The fourth-order valence-electron chi connectivity index (χ4n) is 3.39. The largest absolute Gasteiger partial charge is 0.431 e. The van der Waals surface area contributed by atoms with E-state index in [-0.39, 0.29) is 16.7 Å². The minimum atomic E-state index is -4.51. The van der Waals surface area contributed by atoms with Gasteiger partial charge in [0.1, 0.15) is 5.52 Å². The minimum absolute atomic E-state index is 0.0705. The quantitative estimate of drug-likeness (QED) is 0.515. The standard InChI is InChI=1S/C21H20ClF3N4O2S/c1-28-6-8-29(9-7-28)17-4-2-13(21(23,24)25)10-15(17)26-19(30)12-32-20-27-16-11-14(22)3-5-18(16)31-20/h2-5,10-11H,6-9,12H2,1H3,(H,26,30). The number of nitrogens with zero attached hydrogens (tertiary/aromatic N) is 3. The van der Waals surface area contributed by atoms with Gasteiger partial charge >= 0.3 is 6.18 Å². The molecule has 0 atom stereocenters. The molecule has 1 N–H and O–H groups in total. The maximum atomic E-state index is 13.3. The number of rotatable bonds is 5. The van der Waals surface area contributed by atoms with Crippen LogP contribution in [-0.2, 0) is 11.0 Å². The van der Waals surface area contributed by atoms with Crippen molar-refractivity contribution in [2.45, 2.75) is 11.4 Å². The van der Waals surface area contributed by atoms with E-state index in [1.165, 1.54) is 6.07 Å². The summed E-state index contributed by atoms with van der Waals surface area (Å²) in [6, 6.07) is 8.44. The average molecular weight is 485 g/mol. The summed E-state index contributed by atoms with van der Waals surface area (Å²) < 4.78 is 45.4. The van der Waals surface area contributed by atoms with Crippen LogP contribution in [0, 0.1) is 0 Å². The molecule has 1 saturated heterocycles. The van der Waals surface area contributed by atoms with Crippen LogP contribution in [0.4, 0.5) is 24.5 Å². The second kappa shape index (κ2) is 9.21. The van der Waals surface area contributed by atoms with Crippen molar-refractivity contribution in [2.75, 3.05) is 49.2 Å². The summed E-state index contributed by atoms with van der Waals surface area (Å²) in [5.41, 5.74) is 0.998. The van der Waals surface area contributed by atoms with Crippen molar-refractivity contribution in [2.24, 2.45) is 0 Å². The van der Waals surface area contributed by atoms with Crippen molar-refractivity contribution in [3.8, 4) is 0 Å². The number of fused-ring (bicyclic) bond motifs is 1. The number of aromatic nitrogens is 1. The van der Waals surface area contributed by atoms with Crippen molar-refractivity contribution in [3.05, 3.63) is 47.0 Å². The molecule has 1 aliphatic heterocycles. The van der Waals surface area contributed by atoms with Crippen LogP contribution in [-0.4, -0.2) is 54.8 Å². The number of oxazole rings is 1. The average Bonchev–Trinajstić information content (AvgIpc) is 3.14. The van der Waals surface area contributed by atoms with Crippen LogP contribution < -0.4 is 10.2 Å². The molecule has 2 heterocycles. The molecule has 1 amide bonds. The highest BCUT2D eigenvalue weighted by Crippen LogP contribution is 2.36. The molecule has 0 radical (unpaired) electrons. The second-order valence-electron chi connectivity index (χ2n) is 7.45. The molecule has 1 aliphatic rings. The van der Waals surface area contributed by atoms with E-state index in [0.29, 0.717) is 34.9 Å². The Hall–Kier alpha value is -2.43. The third kappa shape index (κ3) is 5.31. The number of likely N-dealkylation sites (N-methyl/N-ethyl adjacent to an activating group) is 1. The summed E-state index contributed by atoms with van der Waals surface area (Å²) in [7, 11) is 1.99. The molecule has 11 heteroatoms. The highest BCUT2D eigenvalue weighted by Gasteiger charge is 2.32. The Morgan fingerprint density at radius 2 is 1.94 bits per heavy atom. The van der Waals surface area contributed by atoms with E-state index in [1.54, 1.807) is 18.2 Å². The predicted octanol–water partition coefficient (Wildman–Crippen LogP) is 4.98. The first-order valence-corrected chi connectivity index (χ1v) is 11.2. The Kier molecular flexibility index (Phi) is 6.55. The van der Waals surface area contributed by atoms with Crippen LogP contribution >= 0.6 is 23.4 Å². The Bertz CT molecular complexity index is 1130. The summed E-state index contributed by atoms with van der Waals surface area (Å²) in [6.45, 7) is 2.88. The molecule has 4 rings (SSSR count). The summed E-state index contributed by atoms with van der Waals surface area (Å²) in [6.07, 6.45) is -4.51. The molecule has 0 unspecified atom stereocenters. The Morgan fingerprint density at radius 1 is 1.19 bits per heavy atom. The van der Waals surface area contributed by atoms with Gasteiger partial charge in [-0.3, -0.25) is 4.79 Å². The molecule has 0 spiro atoms. The van der Waals surface area contributed by atoms with Crippen molar-refractivity contribution in [3.63, 3.8) is 0 Å². The molecular weight excluding hydrogens is 465 g/mol. The van der Waals surface area contributed by atoms with Gasteiger partial charge < -0.3 is 19.5 Å². The van der Waals surface area contributed by atoms with Crippen LogP contribution in [0.5, 0.6) is 0 Å². The van der Waals surface area contributed by atoms with Gasteiger partial charge in [0, 0.05) is 31.2 Å². The number of anilines is 2. The van der Waals surface area contributed by atoms with Crippen molar-refractivity contribution >= 4 is 51.7 Å². The summed E-state index contributed by atoms with van der Waals surface area (Å²) in [5, 5.41) is 3.43. The number of amides is 1. The van der Waals surface area contributed by atoms with E-state index >= 15 is 0 Å². The van der Waals surface area contributed by atoms with Gasteiger partial charge in [0.05, 0.1) is 22.7 Å². The molecule has 6 nitrogen and oxygen atoms in total. The van der Waals surface area contributed by atoms with Gasteiger partial charge in [0.25, 0.3) is 5.22 Å². The highest BCUT2D eigenvalue weighted by molar-refractivity contribution is 7.99. The first-order chi connectivity index (χ1) is 15.2. The monoisotopic (exact) mass is 484 g/mol. The number of carbonyl (C=O) groups excluding carboxylic acids is 1. The van der Waals surface area contributed by atoms with Gasteiger partial charge in [-0.1, -0.05) is 23.4 Å². The number of thioether (sulfide) groups is 1. The van der Waals surface area contributed by atoms with Crippen LogP contribution in [0.2, 0.25) is 5.02 Å². The van der Waals surface area contributed by atoms with Crippen LogP contribution in [0.1, 0.15) is 5.56 Å². The van der Waals surface area contributed by atoms with E-state index in [2.05, 4.69) is 15.2 Å². The van der Waals surface area contributed by atoms with Crippen molar-refractivity contribution in [1.82, 2.24) is 9.88 Å². The zero-order valence-corrected chi connectivity index (χ0v) is 18.7. The summed E-state index contributed by atoms with van der Waals surface area (Å²) in [5.74, 6) is -0.524. The SMILES string of the molecule is CN1CCN(c2ccc(C(F)(F)F)cc2NC(=O)CSc2nc3cc(Cl)ccc3o2)CC1. The number of halogens is 4. The van der Waals surface area contributed by atoms with E-state index in [9.17, 15) is 18.0 Å². The first kappa shape index (κ1) is 22.8. The van der Waals surface area contributed by atoms with E-state index < -0.39 is 17.6 Å². The number of alkyl halides is 3. The third-order valence-electron chi connectivity index (χ3n) is 5.10. The van der Waals surface area contributed by atoms with Gasteiger partial charge in [-0.2, -0.15) is 13.2 Å². The molecule has 1 aromatic heterocycles. The molecule has 170 valence electrons. The van der Waals surface area contributed by atoms with Crippen molar-refractivity contribution in [1.29, 1.82) is 0 Å². The Morgan fingerprint density at radius 3 is 2.66 bits per heavy atom. The van der Waals surface area contributed by atoms with Gasteiger partial charge in [-0.05, 0) is 43.4 Å². The molecule has 1 fully saturated rings. The number of benzene rings is 2. The molecule has 32 heavy (non-hydrogen) atoms. The summed E-state index contributed by atoms with van der Waals surface area (Å²) in [4.78, 5) is 21.0. The Labute approximate surface area is 191 Å². The number of piperazine rings is 1. The van der Waals surface area contributed by atoms with E-state index in [4.69, 9.17) is 16.0 Å². The highest BCUT2D eigenvalue weighted by atomic mass is 35.5. The minimum Gasteiger partial charge on any atom is -0.431 e. The lowest BCUT2D eigenvalue weighted by molar-refractivity contribution is -0.137. The number of carbonyl (C=O) groups is 1. The normalized spacial score (nSPS) is 15.3. The fraction of sp³-hybridized carbons (Fsp3) is 0.333. The van der Waals surface area contributed by atoms with Crippen LogP contribution in [0.15, 0.2) is 46.0 Å². The third-order valence-corrected chi connectivity index (χ3v) is 6.16. The van der Waals surface area contributed by atoms with Gasteiger partial charge in [-0.15, -0.1) is 0 Å². The number of hydrogen-bond acceptors (Lipinski definition) is 6.